The molecule has 54 heavy (non-hydrogen) atoms. The number of nitrogens with zero attached hydrogens (tertiary/aromatic N) is 6. The molecule has 4 aliphatic heterocycles. The Labute approximate surface area is 315 Å². The Morgan fingerprint density at radius 3 is 2.31 bits per heavy atom. The molecule has 8 rings (SSSR count). The number of imide groups is 1. The number of nitrogens with one attached hydrogen (secondary N) is 1. The lowest BCUT2D eigenvalue weighted by Gasteiger charge is -2.38. The number of hydrogen-bond donors (Lipinski definition) is 2. The van der Waals surface area contributed by atoms with Crippen molar-refractivity contribution in [3.8, 4) is 0 Å². The van der Waals surface area contributed by atoms with Crippen molar-refractivity contribution < 1.29 is 14.4 Å². The van der Waals surface area contributed by atoms with Gasteiger partial charge in [0.2, 0.25) is 11.8 Å². The largest absolute Gasteiger partial charge is 0.371 e. The minimum absolute atomic E-state index is 0.201. The summed E-state index contributed by atoms with van der Waals surface area (Å²) in [5.41, 5.74) is 9.99. The van der Waals surface area contributed by atoms with Crippen molar-refractivity contribution in [1.82, 2.24) is 24.8 Å². The zero-order valence-corrected chi connectivity index (χ0v) is 30.9. The summed E-state index contributed by atoms with van der Waals surface area (Å²) in [6.07, 6.45) is 12.6. The van der Waals surface area contributed by atoms with Crippen molar-refractivity contribution in [2.24, 2.45) is 11.7 Å². The van der Waals surface area contributed by atoms with Crippen LogP contribution in [0.15, 0.2) is 65.7 Å². The van der Waals surface area contributed by atoms with Crippen molar-refractivity contribution >= 4 is 40.0 Å². The third-order valence-corrected chi connectivity index (χ3v) is 12.1. The molecule has 4 saturated heterocycles. The Hall–Kier alpha value is -5.10. The fraction of sp³-hybridized carbons (Fsp3) is 0.476. The van der Waals surface area contributed by atoms with E-state index >= 15 is 0 Å². The van der Waals surface area contributed by atoms with E-state index in [-0.39, 0.29) is 23.6 Å². The van der Waals surface area contributed by atoms with Crippen LogP contribution in [-0.2, 0) is 16.0 Å². The molecule has 3 amide bonds. The predicted octanol–water partition coefficient (Wildman–Crippen LogP) is 4.55. The molecule has 4 aromatic rings. The number of fused-ring (bicyclic) bond motifs is 1. The van der Waals surface area contributed by atoms with Crippen LogP contribution in [0.5, 0.6) is 0 Å². The van der Waals surface area contributed by atoms with Crippen molar-refractivity contribution in [2.45, 2.75) is 76.2 Å². The summed E-state index contributed by atoms with van der Waals surface area (Å²) in [6.45, 7) is 7.25. The van der Waals surface area contributed by atoms with Crippen LogP contribution in [0.2, 0.25) is 0 Å². The van der Waals surface area contributed by atoms with E-state index in [1.165, 1.54) is 16.6 Å². The maximum absolute atomic E-state index is 13.3. The lowest BCUT2D eigenvalue weighted by Crippen LogP contribution is -2.44. The topological polar surface area (TPSA) is 147 Å². The molecule has 282 valence electrons. The number of piperidine rings is 4. The number of rotatable bonds is 9. The normalized spacial score (nSPS) is 20.7. The smallest absolute Gasteiger partial charge is 0.269 e. The van der Waals surface area contributed by atoms with E-state index in [1.54, 1.807) is 12.4 Å². The highest BCUT2D eigenvalue weighted by atomic mass is 16.2. The summed E-state index contributed by atoms with van der Waals surface area (Å²) in [7, 11) is 0. The number of pyridine rings is 1. The Bertz CT molecular complexity index is 2080. The molecule has 0 spiro atoms. The lowest BCUT2D eigenvalue weighted by molar-refractivity contribution is -0.135. The van der Waals surface area contributed by atoms with Crippen molar-refractivity contribution in [3.63, 3.8) is 0 Å². The maximum Gasteiger partial charge on any atom is 0.269 e. The van der Waals surface area contributed by atoms with Gasteiger partial charge in [0.15, 0.2) is 0 Å². The van der Waals surface area contributed by atoms with E-state index in [1.807, 2.05) is 18.2 Å². The summed E-state index contributed by atoms with van der Waals surface area (Å²) in [4.78, 5) is 66.0. The molecule has 1 atom stereocenters. The summed E-state index contributed by atoms with van der Waals surface area (Å²) in [5, 5.41) is 3.80. The number of primary amides is 1. The van der Waals surface area contributed by atoms with E-state index in [2.05, 4.69) is 55.3 Å². The molecular formula is C42H50N8O4. The fourth-order valence-corrected chi connectivity index (χ4v) is 8.95. The standard InChI is InChI=1S/C42H50N8O4/c43-40(52)39-35(45-37(26-44-39)49-17-2-1-3-18-49)24-28-4-6-30(7-5-28)31-14-19-47(20-15-31)27-29-12-21-48(22-13-29)33-8-9-34-32(25-33)16-23-50(42(34)54)36-10-11-38(51)46-41(36)53/h4-9,16,23,25-26,29,31,36H,1-3,10-15,17-22,24,27H2,(H2,43,52)(H,46,51,53). The van der Waals surface area contributed by atoms with E-state index < -0.39 is 17.9 Å². The van der Waals surface area contributed by atoms with Crippen LogP contribution >= 0.6 is 0 Å². The molecule has 12 nitrogen and oxygen atoms in total. The average Bonchev–Trinajstić information content (AvgIpc) is 3.19. The fourth-order valence-electron chi connectivity index (χ4n) is 8.95. The second-order valence-corrected chi connectivity index (χ2v) is 15.6. The number of hydrogen-bond acceptors (Lipinski definition) is 9. The molecule has 0 saturated carbocycles. The summed E-state index contributed by atoms with van der Waals surface area (Å²) in [5.74, 6) is 0.800. The van der Waals surface area contributed by atoms with E-state index in [0.717, 1.165) is 107 Å². The summed E-state index contributed by atoms with van der Waals surface area (Å²) in [6, 6.07) is 16.1. The van der Waals surface area contributed by atoms with E-state index in [9.17, 15) is 19.2 Å². The predicted molar refractivity (Wildman–Crippen MR) is 209 cm³/mol. The van der Waals surface area contributed by atoms with Gasteiger partial charge in [-0.15, -0.1) is 0 Å². The van der Waals surface area contributed by atoms with Crippen molar-refractivity contribution in [1.29, 1.82) is 0 Å². The van der Waals surface area contributed by atoms with Gasteiger partial charge >= 0.3 is 0 Å². The molecule has 0 aliphatic carbocycles. The maximum atomic E-state index is 13.3. The Morgan fingerprint density at radius 2 is 1.59 bits per heavy atom. The molecule has 1 unspecified atom stereocenters. The first-order chi connectivity index (χ1) is 26.3. The van der Waals surface area contributed by atoms with Crippen LogP contribution in [-0.4, -0.2) is 83.0 Å². The first-order valence-electron chi connectivity index (χ1n) is 19.7. The first kappa shape index (κ1) is 35.9. The molecule has 3 N–H and O–H groups in total. The number of nitrogens with two attached hydrogens (primary N) is 1. The molecule has 12 heteroatoms. The second-order valence-electron chi connectivity index (χ2n) is 15.6. The number of anilines is 2. The van der Waals surface area contributed by atoms with Gasteiger partial charge in [-0.1, -0.05) is 24.3 Å². The molecular weight excluding hydrogens is 681 g/mol. The number of amides is 3. The Balaban J connectivity index is 0.817. The number of carbonyl (C=O) groups is 3. The van der Waals surface area contributed by atoms with E-state index in [0.29, 0.717) is 35.8 Å². The molecule has 2 aromatic carbocycles. The quantitative estimate of drug-likeness (QED) is 0.237. The zero-order chi connectivity index (χ0) is 37.2. The van der Waals surface area contributed by atoms with Gasteiger partial charge in [-0.05, 0) is 117 Å². The monoisotopic (exact) mass is 730 g/mol. The number of benzene rings is 2. The Morgan fingerprint density at radius 1 is 0.833 bits per heavy atom. The van der Waals surface area contributed by atoms with Gasteiger partial charge in [-0.25, -0.2) is 9.97 Å². The van der Waals surface area contributed by atoms with Gasteiger partial charge in [0.05, 0.1) is 11.9 Å². The molecule has 2 aromatic heterocycles. The first-order valence-corrected chi connectivity index (χ1v) is 19.7. The van der Waals surface area contributed by atoms with Crippen molar-refractivity contribution in [3.05, 3.63) is 93.8 Å². The molecule has 4 fully saturated rings. The van der Waals surface area contributed by atoms with Crippen LogP contribution in [0.25, 0.3) is 10.8 Å². The third-order valence-electron chi connectivity index (χ3n) is 12.1. The molecule has 4 aliphatic rings. The van der Waals surface area contributed by atoms with Crippen molar-refractivity contribution in [2.75, 3.05) is 55.6 Å². The second kappa shape index (κ2) is 15.7. The third kappa shape index (κ3) is 7.75. The zero-order valence-electron chi connectivity index (χ0n) is 30.9. The SMILES string of the molecule is NC(=O)c1ncc(N2CCCCC2)nc1Cc1ccc(C2CCN(CC3CCN(c4ccc5c(=O)n(C6CCC(=O)NC6=O)ccc5c4)CC3)CC2)cc1. The highest BCUT2D eigenvalue weighted by Gasteiger charge is 2.30. The van der Waals surface area contributed by atoms with Gasteiger partial charge < -0.3 is 25.0 Å². The average molecular weight is 731 g/mol. The number of aromatic nitrogens is 3. The van der Waals surface area contributed by atoms with Gasteiger partial charge in [0.25, 0.3) is 11.5 Å². The lowest BCUT2D eigenvalue weighted by atomic mass is 9.87. The van der Waals surface area contributed by atoms with E-state index in [4.69, 9.17) is 10.7 Å². The summed E-state index contributed by atoms with van der Waals surface area (Å²) >= 11 is 0. The minimum Gasteiger partial charge on any atom is -0.371 e. The van der Waals surface area contributed by atoms with Crippen LogP contribution in [0.1, 0.15) is 97.1 Å². The highest BCUT2D eigenvalue weighted by Crippen LogP contribution is 2.32. The van der Waals surface area contributed by atoms with Gasteiger partial charge in [-0.2, -0.15) is 0 Å². The van der Waals surface area contributed by atoms with Crippen LogP contribution in [0.3, 0.4) is 0 Å². The number of likely N-dealkylation sites (tertiary alicyclic amines) is 1. The Kier molecular flexibility index (Phi) is 10.4. The minimum atomic E-state index is -0.657. The number of carbonyl (C=O) groups excluding carboxylic acids is 3. The van der Waals surface area contributed by atoms with Crippen LogP contribution < -0.4 is 26.4 Å². The van der Waals surface area contributed by atoms with Gasteiger partial charge in [0, 0.05) is 62.8 Å². The molecule has 0 bridgehead atoms. The van der Waals surface area contributed by atoms with Gasteiger partial charge in [-0.3, -0.25) is 24.5 Å². The van der Waals surface area contributed by atoms with Crippen LogP contribution in [0.4, 0.5) is 11.5 Å². The van der Waals surface area contributed by atoms with Gasteiger partial charge in [0.1, 0.15) is 17.6 Å². The highest BCUT2D eigenvalue weighted by molar-refractivity contribution is 5.99. The van der Waals surface area contributed by atoms with Crippen LogP contribution in [0, 0.1) is 5.92 Å². The summed E-state index contributed by atoms with van der Waals surface area (Å²) < 4.78 is 1.46. The molecule has 6 heterocycles. The molecule has 0 radical (unpaired) electrons.